The lowest BCUT2D eigenvalue weighted by molar-refractivity contribution is 0.0292. The van der Waals surface area contributed by atoms with Crippen molar-refractivity contribution in [2.24, 2.45) is 0 Å². The second-order valence-corrected chi connectivity index (χ2v) is 6.97. The van der Waals surface area contributed by atoms with Crippen LogP contribution in [0, 0.1) is 6.92 Å². The first-order valence-electron chi connectivity index (χ1n) is 7.04. The third-order valence-corrected chi connectivity index (χ3v) is 3.81. The molecule has 110 valence electrons. The molecule has 0 aliphatic carbocycles. The van der Waals surface area contributed by atoms with Gasteiger partial charge in [0.1, 0.15) is 5.60 Å². The minimum absolute atomic E-state index is 0.205. The lowest BCUT2D eigenvalue weighted by atomic mass is 9.94. The fourth-order valence-electron chi connectivity index (χ4n) is 2.62. The van der Waals surface area contributed by atoms with E-state index < -0.39 is 5.60 Å². The fourth-order valence-corrected chi connectivity index (χ4v) is 2.89. The summed E-state index contributed by atoms with van der Waals surface area (Å²) in [4.78, 5) is 14.9. The van der Waals surface area contributed by atoms with Gasteiger partial charge in [0.2, 0.25) is 0 Å². The zero-order valence-electron chi connectivity index (χ0n) is 12.6. The first kappa shape index (κ1) is 15.2. The Labute approximate surface area is 126 Å². The molecule has 0 radical (unpaired) electrons. The van der Waals surface area contributed by atoms with Gasteiger partial charge in [0.25, 0.3) is 0 Å². The van der Waals surface area contributed by atoms with Crippen molar-refractivity contribution >= 4 is 18.7 Å². The third kappa shape index (κ3) is 3.69. The molecule has 1 fully saturated rings. The number of rotatable bonds is 1. The predicted molar refractivity (Wildman–Crippen MR) is 83.6 cm³/mol. The van der Waals surface area contributed by atoms with E-state index in [1.807, 2.05) is 31.7 Å². The number of hydrogen-bond acceptors (Lipinski definition) is 3. The van der Waals surface area contributed by atoms with Crippen molar-refractivity contribution in [3.05, 3.63) is 29.3 Å². The molecule has 20 heavy (non-hydrogen) atoms. The SMILES string of the molecule is Cc1cc(S)ccc1C1CCN(C(=O)OC(C)(C)C)C1. The molecule has 1 aromatic rings. The second kappa shape index (κ2) is 5.68. The van der Waals surface area contributed by atoms with Gasteiger partial charge < -0.3 is 9.64 Å². The largest absolute Gasteiger partial charge is 0.444 e. The fraction of sp³-hybridized carbons (Fsp3) is 0.562. The lowest BCUT2D eigenvalue weighted by Gasteiger charge is -2.24. The van der Waals surface area contributed by atoms with Gasteiger partial charge in [-0.2, -0.15) is 0 Å². The first-order valence-corrected chi connectivity index (χ1v) is 7.48. The Morgan fingerprint density at radius 1 is 1.40 bits per heavy atom. The Kier molecular flexibility index (Phi) is 4.33. The minimum Gasteiger partial charge on any atom is -0.444 e. The van der Waals surface area contributed by atoms with Crippen LogP contribution in [-0.4, -0.2) is 29.7 Å². The quantitative estimate of drug-likeness (QED) is 0.793. The van der Waals surface area contributed by atoms with Crippen LogP contribution in [0.2, 0.25) is 0 Å². The maximum atomic E-state index is 12.1. The van der Waals surface area contributed by atoms with Gasteiger partial charge in [0.05, 0.1) is 0 Å². The molecule has 1 amide bonds. The Balaban J connectivity index is 2.03. The summed E-state index contributed by atoms with van der Waals surface area (Å²) >= 11 is 4.36. The van der Waals surface area contributed by atoms with E-state index in [9.17, 15) is 4.79 Å². The van der Waals surface area contributed by atoms with Crippen LogP contribution in [0.25, 0.3) is 0 Å². The van der Waals surface area contributed by atoms with E-state index in [0.717, 1.165) is 24.4 Å². The molecule has 0 spiro atoms. The van der Waals surface area contributed by atoms with E-state index in [-0.39, 0.29) is 6.09 Å². The zero-order chi connectivity index (χ0) is 14.9. The molecule has 1 aliphatic heterocycles. The number of aryl methyl sites for hydroxylation is 1. The molecule has 0 aromatic heterocycles. The van der Waals surface area contributed by atoms with Gasteiger partial charge in [-0.05, 0) is 57.4 Å². The number of carbonyl (C=O) groups is 1. The van der Waals surface area contributed by atoms with E-state index in [2.05, 4.69) is 31.7 Å². The molecule has 3 nitrogen and oxygen atoms in total. The number of hydrogen-bond donors (Lipinski definition) is 1. The molecule has 0 bridgehead atoms. The van der Waals surface area contributed by atoms with Gasteiger partial charge >= 0.3 is 6.09 Å². The Bertz CT molecular complexity index is 508. The second-order valence-electron chi connectivity index (χ2n) is 6.45. The first-order chi connectivity index (χ1) is 9.26. The van der Waals surface area contributed by atoms with E-state index in [0.29, 0.717) is 5.92 Å². The number of nitrogens with zero attached hydrogens (tertiary/aromatic N) is 1. The van der Waals surface area contributed by atoms with E-state index in [1.165, 1.54) is 11.1 Å². The Morgan fingerprint density at radius 3 is 2.70 bits per heavy atom. The molecular weight excluding hydrogens is 270 g/mol. The van der Waals surface area contributed by atoms with Crippen molar-refractivity contribution in [2.75, 3.05) is 13.1 Å². The van der Waals surface area contributed by atoms with Gasteiger partial charge in [0, 0.05) is 23.9 Å². The molecule has 0 N–H and O–H groups in total. The van der Waals surface area contributed by atoms with Crippen LogP contribution < -0.4 is 0 Å². The van der Waals surface area contributed by atoms with Gasteiger partial charge in [-0.1, -0.05) is 6.07 Å². The van der Waals surface area contributed by atoms with Crippen molar-refractivity contribution in [1.82, 2.24) is 4.90 Å². The third-order valence-electron chi connectivity index (χ3n) is 3.53. The topological polar surface area (TPSA) is 29.5 Å². The van der Waals surface area contributed by atoms with Crippen molar-refractivity contribution < 1.29 is 9.53 Å². The predicted octanol–water partition coefficient (Wildman–Crippen LogP) is 4.01. The normalized spacial score (nSPS) is 19.2. The van der Waals surface area contributed by atoms with Crippen LogP contribution in [0.4, 0.5) is 4.79 Å². The van der Waals surface area contributed by atoms with Crippen molar-refractivity contribution in [3.63, 3.8) is 0 Å². The minimum atomic E-state index is -0.432. The smallest absolute Gasteiger partial charge is 0.410 e. The number of carbonyl (C=O) groups excluding carboxylic acids is 1. The van der Waals surface area contributed by atoms with Crippen molar-refractivity contribution in [1.29, 1.82) is 0 Å². The molecule has 2 rings (SSSR count). The van der Waals surface area contributed by atoms with Crippen molar-refractivity contribution in [3.8, 4) is 0 Å². The summed E-state index contributed by atoms with van der Waals surface area (Å²) in [5.41, 5.74) is 2.13. The van der Waals surface area contributed by atoms with Crippen LogP contribution in [0.15, 0.2) is 23.1 Å². The summed E-state index contributed by atoms with van der Waals surface area (Å²) in [6, 6.07) is 6.22. The molecule has 1 aliphatic rings. The highest BCUT2D eigenvalue weighted by Crippen LogP contribution is 2.31. The van der Waals surface area contributed by atoms with Gasteiger partial charge in [-0.3, -0.25) is 0 Å². The average Bonchev–Trinajstić information content (AvgIpc) is 2.75. The highest BCUT2D eigenvalue weighted by Gasteiger charge is 2.31. The summed E-state index contributed by atoms with van der Waals surface area (Å²) in [5, 5.41) is 0. The summed E-state index contributed by atoms with van der Waals surface area (Å²) < 4.78 is 5.43. The highest BCUT2D eigenvalue weighted by molar-refractivity contribution is 7.80. The number of amides is 1. The van der Waals surface area contributed by atoms with E-state index in [1.54, 1.807) is 0 Å². The maximum Gasteiger partial charge on any atom is 0.410 e. The van der Waals surface area contributed by atoms with Crippen LogP contribution in [0.5, 0.6) is 0 Å². The van der Waals surface area contributed by atoms with Gasteiger partial charge in [-0.25, -0.2) is 4.79 Å². The van der Waals surface area contributed by atoms with Crippen LogP contribution in [0.1, 0.15) is 44.2 Å². The van der Waals surface area contributed by atoms with Crippen LogP contribution in [-0.2, 0) is 4.74 Å². The standard InChI is InChI=1S/C16H23NO2S/c1-11-9-13(20)5-6-14(11)12-7-8-17(10-12)15(18)19-16(2,3)4/h5-6,9,12,20H,7-8,10H2,1-4H3. The van der Waals surface area contributed by atoms with E-state index in [4.69, 9.17) is 4.74 Å². The van der Waals surface area contributed by atoms with Crippen LogP contribution in [0.3, 0.4) is 0 Å². The average molecular weight is 293 g/mol. The molecule has 1 atom stereocenters. The summed E-state index contributed by atoms with van der Waals surface area (Å²) in [6.45, 7) is 9.30. The molecule has 1 heterocycles. The number of likely N-dealkylation sites (tertiary alicyclic amines) is 1. The summed E-state index contributed by atoms with van der Waals surface area (Å²) in [7, 11) is 0. The molecule has 4 heteroatoms. The van der Waals surface area contributed by atoms with Gasteiger partial charge in [-0.15, -0.1) is 12.6 Å². The van der Waals surface area contributed by atoms with E-state index >= 15 is 0 Å². The number of ether oxygens (including phenoxy) is 1. The summed E-state index contributed by atoms with van der Waals surface area (Å²) in [6.07, 6.45) is 0.787. The monoisotopic (exact) mass is 293 g/mol. The lowest BCUT2D eigenvalue weighted by Crippen LogP contribution is -2.35. The molecule has 1 unspecified atom stereocenters. The van der Waals surface area contributed by atoms with Crippen molar-refractivity contribution in [2.45, 2.75) is 50.5 Å². The zero-order valence-corrected chi connectivity index (χ0v) is 13.5. The Morgan fingerprint density at radius 2 is 2.10 bits per heavy atom. The molecule has 0 saturated carbocycles. The summed E-state index contributed by atoms with van der Waals surface area (Å²) in [5.74, 6) is 0.399. The van der Waals surface area contributed by atoms with Gasteiger partial charge in [0.15, 0.2) is 0 Å². The molecular formula is C16H23NO2S. The maximum absolute atomic E-state index is 12.1. The Hall–Kier alpha value is -1.16. The number of benzene rings is 1. The number of thiol groups is 1. The van der Waals surface area contributed by atoms with Crippen LogP contribution >= 0.6 is 12.6 Å². The molecule has 1 aromatic carbocycles. The highest BCUT2D eigenvalue weighted by atomic mass is 32.1. The molecule has 1 saturated heterocycles.